The molecule has 2 saturated heterocycles. The van der Waals surface area contributed by atoms with Crippen LogP contribution in [0.2, 0.25) is 10.0 Å². The Morgan fingerprint density at radius 2 is 1.57 bits per heavy atom. The molecule has 42 heavy (non-hydrogen) atoms. The van der Waals surface area contributed by atoms with Gasteiger partial charge in [-0.05, 0) is 96.5 Å². The molecule has 6 rings (SSSR count). The molecule has 0 saturated carbocycles. The van der Waals surface area contributed by atoms with Crippen LogP contribution in [0.15, 0.2) is 60.9 Å². The first-order valence-corrected chi connectivity index (χ1v) is 15.5. The van der Waals surface area contributed by atoms with Crippen molar-refractivity contribution in [1.29, 1.82) is 0 Å². The third-order valence-electron chi connectivity index (χ3n) is 9.55. The van der Waals surface area contributed by atoms with Gasteiger partial charge in [0.05, 0.1) is 16.1 Å². The quantitative estimate of drug-likeness (QED) is 0.326. The number of nitrogens with zero attached hydrogens (tertiary/aromatic N) is 3. The number of nitrogens with one attached hydrogen (secondary N) is 2. The average molecular weight is 607 g/mol. The van der Waals surface area contributed by atoms with Crippen molar-refractivity contribution in [2.45, 2.75) is 52.0 Å². The second kappa shape index (κ2) is 11.4. The van der Waals surface area contributed by atoms with Crippen molar-refractivity contribution in [3.05, 3.63) is 87.7 Å². The monoisotopic (exact) mass is 605 g/mol. The van der Waals surface area contributed by atoms with Gasteiger partial charge in [-0.15, -0.1) is 0 Å². The molecule has 220 valence electrons. The zero-order chi connectivity index (χ0) is 29.5. The van der Waals surface area contributed by atoms with Gasteiger partial charge in [0, 0.05) is 55.5 Å². The lowest BCUT2D eigenvalue weighted by Crippen LogP contribution is -2.48. The number of hydrogen-bond acceptors (Lipinski definition) is 4. The number of pyridine rings is 1. The molecule has 1 aliphatic carbocycles. The molecule has 0 bridgehead atoms. The largest absolute Gasteiger partial charge is 0.371 e. The summed E-state index contributed by atoms with van der Waals surface area (Å²) in [4.78, 5) is 35.3. The lowest BCUT2D eigenvalue weighted by atomic mass is 9.71. The molecule has 2 fully saturated rings. The van der Waals surface area contributed by atoms with Crippen molar-refractivity contribution in [3.8, 4) is 0 Å². The summed E-state index contributed by atoms with van der Waals surface area (Å²) in [6.07, 6.45) is 8.92. The predicted octanol–water partition coefficient (Wildman–Crippen LogP) is 7.36. The molecular weight excluding hydrogens is 569 g/mol. The maximum absolute atomic E-state index is 13.7. The smallest absolute Gasteiger partial charge is 0.319 e. The van der Waals surface area contributed by atoms with Gasteiger partial charge in [0.2, 0.25) is 0 Å². The van der Waals surface area contributed by atoms with E-state index in [1.165, 1.54) is 5.69 Å². The fourth-order valence-electron chi connectivity index (χ4n) is 6.98. The van der Waals surface area contributed by atoms with Crippen LogP contribution >= 0.6 is 23.2 Å². The first-order valence-electron chi connectivity index (χ1n) is 14.7. The van der Waals surface area contributed by atoms with Gasteiger partial charge in [-0.1, -0.05) is 43.1 Å². The van der Waals surface area contributed by atoms with Crippen LogP contribution in [0, 0.1) is 10.8 Å². The molecule has 7 nitrogen and oxygen atoms in total. The minimum atomic E-state index is -0.327. The molecule has 3 aliphatic rings. The van der Waals surface area contributed by atoms with Crippen LogP contribution in [0.25, 0.3) is 0 Å². The first-order chi connectivity index (χ1) is 20.1. The van der Waals surface area contributed by atoms with Crippen molar-refractivity contribution in [3.63, 3.8) is 0 Å². The summed E-state index contributed by atoms with van der Waals surface area (Å²) in [5.41, 5.74) is 4.77. The van der Waals surface area contributed by atoms with Crippen LogP contribution in [-0.2, 0) is 6.42 Å². The molecule has 2 aromatic carbocycles. The molecule has 0 radical (unpaired) electrons. The number of aromatic nitrogens is 1. The van der Waals surface area contributed by atoms with Gasteiger partial charge < -0.3 is 20.4 Å². The van der Waals surface area contributed by atoms with Gasteiger partial charge in [0.15, 0.2) is 0 Å². The molecule has 3 aromatic rings. The highest BCUT2D eigenvalue weighted by Gasteiger charge is 2.42. The molecule has 3 heterocycles. The van der Waals surface area contributed by atoms with E-state index in [4.69, 9.17) is 23.2 Å². The van der Waals surface area contributed by atoms with Gasteiger partial charge in [-0.25, -0.2) is 4.79 Å². The summed E-state index contributed by atoms with van der Waals surface area (Å²) >= 11 is 12.1. The standard InChI is InChI=1S/C33H37Cl2N5O2/c1-32(2)21-23-4-3-22(19-26(23)29(32)38-31(42)37-24-5-6-27(34)28(35)20-24)30(41)40-17-11-33(12-18-40)9-15-39(16-10-33)25-7-13-36-14-8-25/h3-8,13-14,19-20,29H,9-12,15-18,21H2,1-2H3,(H2,37,38,42). The Balaban J connectivity index is 1.09. The van der Waals surface area contributed by atoms with E-state index in [-0.39, 0.29) is 23.4 Å². The number of fused-ring (bicyclic) bond motifs is 1. The third kappa shape index (κ3) is 5.82. The molecule has 1 spiro atoms. The molecular formula is C33H37Cl2N5O2. The zero-order valence-electron chi connectivity index (χ0n) is 24.1. The molecule has 3 amide bonds. The average Bonchev–Trinajstić information content (AvgIpc) is 3.24. The molecule has 1 aromatic heterocycles. The van der Waals surface area contributed by atoms with Crippen LogP contribution in [-0.4, -0.2) is 48.0 Å². The summed E-state index contributed by atoms with van der Waals surface area (Å²) in [6.45, 7) is 7.94. The number of likely N-dealkylation sites (tertiary alicyclic amines) is 1. The van der Waals surface area contributed by atoms with Crippen molar-refractivity contribution in [2.24, 2.45) is 10.8 Å². The van der Waals surface area contributed by atoms with Gasteiger partial charge in [-0.2, -0.15) is 0 Å². The maximum atomic E-state index is 13.7. The van der Waals surface area contributed by atoms with Crippen LogP contribution in [0.5, 0.6) is 0 Å². The number of halogens is 2. The fourth-order valence-corrected chi connectivity index (χ4v) is 7.28. The molecule has 2 aliphatic heterocycles. The summed E-state index contributed by atoms with van der Waals surface area (Å²) in [6, 6.07) is 14.6. The zero-order valence-corrected chi connectivity index (χ0v) is 25.6. The Labute approximate surface area is 257 Å². The number of carbonyl (C=O) groups is 2. The normalized spacial score (nSPS) is 20.7. The maximum Gasteiger partial charge on any atom is 0.319 e. The SMILES string of the molecule is CC1(C)Cc2ccc(C(=O)N3CCC4(CC3)CCN(c3ccncc3)CC4)cc2C1NC(=O)Nc1ccc(Cl)c(Cl)c1. The predicted molar refractivity (Wildman–Crippen MR) is 169 cm³/mol. The molecule has 1 atom stereocenters. The fraction of sp³-hybridized carbons (Fsp3) is 0.424. The number of rotatable bonds is 4. The summed E-state index contributed by atoms with van der Waals surface area (Å²) in [5.74, 6) is 0.0746. The Morgan fingerprint density at radius 3 is 2.26 bits per heavy atom. The first kappa shape index (κ1) is 28.8. The van der Waals surface area contributed by atoms with Crippen molar-refractivity contribution >= 4 is 46.5 Å². The van der Waals surface area contributed by atoms with E-state index in [0.29, 0.717) is 26.7 Å². The van der Waals surface area contributed by atoms with Gasteiger partial charge in [0.25, 0.3) is 5.91 Å². The van der Waals surface area contributed by atoms with Gasteiger partial charge >= 0.3 is 6.03 Å². The molecule has 9 heteroatoms. The highest BCUT2D eigenvalue weighted by molar-refractivity contribution is 6.42. The van der Waals surface area contributed by atoms with E-state index in [2.05, 4.69) is 52.6 Å². The van der Waals surface area contributed by atoms with Crippen molar-refractivity contribution in [1.82, 2.24) is 15.2 Å². The molecule has 1 unspecified atom stereocenters. The summed E-state index contributed by atoms with van der Waals surface area (Å²) in [5, 5.41) is 6.82. The van der Waals surface area contributed by atoms with Crippen molar-refractivity contribution in [2.75, 3.05) is 36.4 Å². The van der Waals surface area contributed by atoms with Gasteiger partial charge in [0.1, 0.15) is 0 Å². The number of amides is 3. The second-order valence-corrected chi connectivity index (χ2v) is 13.5. The minimum Gasteiger partial charge on any atom is -0.371 e. The molecule has 2 N–H and O–H groups in total. The Hall–Kier alpha value is -3.29. The van der Waals surface area contributed by atoms with E-state index in [9.17, 15) is 9.59 Å². The van der Waals surface area contributed by atoms with Crippen molar-refractivity contribution < 1.29 is 9.59 Å². The summed E-state index contributed by atoms with van der Waals surface area (Å²) in [7, 11) is 0. The third-order valence-corrected chi connectivity index (χ3v) is 10.3. The number of hydrogen-bond donors (Lipinski definition) is 2. The van der Waals surface area contributed by atoms with Crippen LogP contribution < -0.4 is 15.5 Å². The van der Waals surface area contributed by atoms with Crippen LogP contribution in [0.1, 0.15) is 67.1 Å². The highest BCUT2D eigenvalue weighted by atomic mass is 35.5. The van der Waals surface area contributed by atoms with Crippen LogP contribution in [0.3, 0.4) is 0 Å². The van der Waals surface area contributed by atoms with Gasteiger partial charge in [-0.3, -0.25) is 9.78 Å². The highest BCUT2D eigenvalue weighted by Crippen LogP contribution is 2.46. The number of piperidine rings is 2. The van der Waals surface area contributed by atoms with E-state index in [1.54, 1.807) is 18.2 Å². The number of benzene rings is 2. The Bertz CT molecular complexity index is 1480. The number of anilines is 2. The lowest BCUT2D eigenvalue weighted by Gasteiger charge is -2.47. The number of urea groups is 1. The Morgan fingerprint density at radius 1 is 0.881 bits per heavy atom. The summed E-state index contributed by atoms with van der Waals surface area (Å²) < 4.78 is 0. The number of carbonyl (C=O) groups excluding carboxylic acids is 2. The van der Waals surface area contributed by atoms with E-state index in [0.717, 1.165) is 69.4 Å². The van der Waals surface area contributed by atoms with E-state index >= 15 is 0 Å². The topological polar surface area (TPSA) is 77.6 Å². The Kier molecular flexibility index (Phi) is 7.83. The second-order valence-electron chi connectivity index (χ2n) is 12.7. The minimum absolute atomic E-state index is 0.0746. The lowest BCUT2D eigenvalue weighted by molar-refractivity contribution is 0.0515. The van der Waals surface area contributed by atoms with E-state index in [1.807, 2.05) is 29.4 Å². The van der Waals surface area contributed by atoms with E-state index < -0.39 is 0 Å². The van der Waals surface area contributed by atoms with Crippen LogP contribution in [0.4, 0.5) is 16.2 Å².